The van der Waals surface area contributed by atoms with Crippen LogP contribution in [0.2, 0.25) is 0 Å². The van der Waals surface area contributed by atoms with E-state index in [2.05, 4.69) is 10.3 Å². The van der Waals surface area contributed by atoms with Crippen molar-refractivity contribution in [3.8, 4) is 0 Å². The molecule has 3 aromatic rings. The van der Waals surface area contributed by atoms with E-state index < -0.39 is 23.5 Å². The lowest BCUT2D eigenvalue weighted by molar-refractivity contribution is -0.128. The van der Waals surface area contributed by atoms with Gasteiger partial charge in [0.15, 0.2) is 0 Å². The number of nitrogens with zero attached hydrogens (tertiary/aromatic N) is 1. The largest absolute Gasteiger partial charge is 0.361 e. The Bertz CT molecular complexity index is 1100. The van der Waals surface area contributed by atoms with Gasteiger partial charge in [-0.1, -0.05) is 0 Å². The quantitative estimate of drug-likeness (QED) is 0.686. The summed E-state index contributed by atoms with van der Waals surface area (Å²) in [6.07, 6.45) is 2.32. The van der Waals surface area contributed by atoms with Gasteiger partial charge in [-0.05, 0) is 42.3 Å². The van der Waals surface area contributed by atoms with Crippen LogP contribution >= 0.6 is 0 Å². The SMILES string of the molecule is O=C(Nc1ccc(F)cc1F)[C@@H]1CC(=O)N(CCc2c[nH]c3ccc(F)cc23)C1. The molecule has 2 heterocycles. The number of benzene rings is 2. The van der Waals surface area contributed by atoms with Gasteiger partial charge in [-0.2, -0.15) is 0 Å². The highest BCUT2D eigenvalue weighted by Gasteiger charge is 2.34. The highest BCUT2D eigenvalue weighted by molar-refractivity contribution is 5.97. The molecule has 0 unspecified atom stereocenters. The molecule has 2 aromatic carbocycles. The summed E-state index contributed by atoms with van der Waals surface area (Å²) in [5, 5.41) is 3.18. The molecule has 8 heteroatoms. The number of carbonyl (C=O) groups excluding carboxylic acids is 2. The summed E-state index contributed by atoms with van der Waals surface area (Å²) in [5.74, 6) is -3.21. The van der Waals surface area contributed by atoms with Gasteiger partial charge in [-0.25, -0.2) is 13.2 Å². The second-order valence-corrected chi connectivity index (χ2v) is 7.11. The Balaban J connectivity index is 1.38. The summed E-state index contributed by atoms with van der Waals surface area (Å²) in [6.45, 7) is 0.598. The highest BCUT2D eigenvalue weighted by Crippen LogP contribution is 2.24. The van der Waals surface area contributed by atoms with E-state index in [1.165, 1.54) is 12.1 Å². The number of carbonyl (C=O) groups is 2. The molecule has 0 saturated carbocycles. The minimum Gasteiger partial charge on any atom is -0.361 e. The van der Waals surface area contributed by atoms with Crippen LogP contribution in [-0.4, -0.2) is 34.8 Å². The molecule has 0 aliphatic carbocycles. The molecule has 0 radical (unpaired) electrons. The lowest BCUT2D eigenvalue weighted by Crippen LogP contribution is -2.30. The van der Waals surface area contributed by atoms with Crippen molar-refractivity contribution >= 4 is 28.4 Å². The normalized spacial score (nSPS) is 16.6. The van der Waals surface area contributed by atoms with Gasteiger partial charge in [0.2, 0.25) is 11.8 Å². The topological polar surface area (TPSA) is 65.2 Å². The molecule has 150 valence electrons. The van der Waals surface area contributed by atoms with E-state index in [0.717, 1.165) is 28.6 Å². The van der Waals surface area contributed by atoms with Crippen LogP contribution in [0.1, 0.15) is 12.0 Å². The summed E-state index contributed by atoms with van der Waals surface area (Å²) < 4.78 is 40.2. The molecule has 29 heavy (non-hydrogen) atoms. The molecule has 1 atom stereocenters. The van der Waals surface area contributed by atoms with Gasteiger partial charge in [0.25, 0.3) is 0 Å². The Morgan fingerprint density at radius 3 is 2.69 bits per heavy atom. The van der Waals surface area contributed by atoms with Crippen molar-refractivity contribution in [3.05, 3.63) is 65.6 Å². The Hall–Kier alpha value is -3.29. The minimum atomic E-state index is -0.869. The number of nitrogens with one attached hydrogen (secondary N) is 2. The first-order valence-electron chi connectivity index (χ1n) is 9.20. The van der Waals surface area contributed by atoms with Crippen molar-refractivity contribution in [1.29, 1.82) is 0 Å². The van der Waals surface area contributed by atoms with E-state index in [4.69, 9.17) is 0 Å². The maximum absolute atomic E-state index is 13.7. The van der Waals surface area contributed by atoms with Crippen molar-refractivity contribution in [2.45, 2.75) is 12.8 Å². The third kappa shape index (κ3) is 3.96. The maximum Gasteiger partial charge on any atom is 0.229 e. The molecule has 4 rings (SSSR count). The number of fused-ring (bicyclic) bond motifs is 1. The highest BCUT2D eigenvalue weighted by atomic mass is 19.1. The third-order valence-corrected chi connectivity index (χ3v) is 5.15. The van der Waals surface area contributed by atoms with Gasteiger partial charge >= 0.3 is 0 Å². The van der Waals surface area contributed by atoms with E-state index in [1.807, 2.05) is 0 Å². The molecular weight excluding hydrogens is 383 g/mol. The fourth-order valence-electron chi connectivity index (χ4n) is 3.60. The summed E-state index contributed by atoms with van der Waals surface area (Å²) in [7, 11) is 0. The lowest BCUT2D eigenvalue weighted by Gasteiger charge is -2.16. The van der Waals surface area contributed by atoms with Crippen molar-refractivity contribution < 1.29 is 22.8 Å². The molecule has 0 spiro atoms. The van der Waals surface area contributed by atoms with Crippen LogP contribution in [0.3, 0.4) is 0 Å². The Morgan fingerprint density at radius 2 is 1.90 bits per heavy atom. The number of rotatable bonds is 5. The fourth-order valence-corrected chi connectivity index (χ4v) is 3.60. The Morgan fingerprint density at radius 1 is 1.14 bits per heavy atom. The summed E-state index contributed by atoms with van der Waals surface area (Å²) >= 11 is 0. The van der Waals surface area contributed by atoms with Gasteiger partial charge in [-0.3, -0.25) is 9.59 Å². The average Bonchev–Trinajstić information content (AvgIpc) is 3.25. The number of hydrogen-bond acceptors (Lipinski definition) is 2. The second-order valence-electron chi connectivity index (χ2n) is 7.11. The zero-order valence-electron chi connectivity index (χ0n) is 15.3. The molecule has 5 nitrogen and oxygen atoms in total. The van der Waals surface area contributed by atoms with Crippen LogP contribution in [-0.2, 0) is 16.0 Å². The Labute approximate surface area is 164 Å². The summed E-state index contributed by atoms with van der Waals surface area (Å²) in [6, 6.07) is 7.36. The monoisotopic (exact) mass is 401 g/mol. The maximum atomic E-state index is 13.7. The average molecular weight is 401 g/mol. The van der Waals surface area contributed by atoms with Gasteiger partial charge < -0.3 is 15.2 Å². The minimum absolute atomic E-state index is 0.0250. The van der Waals surface area contributed by atoms with Crippen molar-refractivity contribution in [3.63, 3.8) is 0 Å². The van der Waals surface area contributed by atoms with E-state index in [-0.39, 0.29) is 30.4 Å². The number of aromatic amines is 1. The smallest absolute Gasteiger partial charge is 0.229 e. The van der Waals surface area contributed by atoms with E-state index in [1.54, 1.807) is 17.2 Å². The number of H-pyrrole nitrogens is 1. The van der Waals surface area contributed by atoms with Crippen LogP contribution in [0.25, 0.3) is 10.9 Å². The van der Waals surface area contributed by atoms with Crippen molar-refractivity contribution in [1.82, 2.24) is 9.88 Å². The second kappa shape index (κ2) is 7.62. The predicted octanol–water partition coefficient (Wildman–Crippen LogP) is 3.61. The molecule has 2 amide bonds. The first-order chi connectivity index (χ1) is 13.9. The Kier molecular flexibility index (Phi) is 5.00. The van der Waals surface area contributed by atoms with Gasteiger partial charge in [0.05, 0.1) is 11.6 Å². The summed E-state index contributed by atoms with van der Waals surface area (Å²) in [4.78, 5) is 29.3. The molecule has 1 saturated heterocycles. The zero-order valence-corrected chi connectivity index (χ0v) is 15.3. The molecule has 2 N–H and O–H groups in total. The van der Waals surface area contributed by atoms with E-state index in [9.17, 15) is 22.8 Å². The number of likely N-dealkylation sites (tertiary alicyclic amines) is 1. The first-order valence-corrected chi connectivity index (χ1v) is 9.20. The predicted molar refractivity (Wildman–Crippen MR) is 102 cm³/mol. The van der Waals surface area contributed by atoms with Crippen LogP contribution in [0.15, 0.2) is 42.6 Å². The number of anilines is 1. The number of amides is 2. The molecule has 1 aliphatic heterocycles. The van der Waals surface area contributed by atoms with Crippen LogP contribution < -0.4 is 5.32 Å². The zero-order chi connectivity index (χ0) is 20.5. The number of halogens is 3. The molecule has 1 aliphatic rings. The molecule has 1 aromatic heterocycles. The number of hydrogen-bond donors (Lipinski definition) is 2. The molecule has 0 bridgehead atoms. The van der Waals surface area contributed by atoms with Crippen molar-refractivity contribution in [2.24, 2.45) is 5.92 Å². The van der Waals surface area contributed by atoms with Crippen LogP contribution in [0.4, 0.5) is 18.9 Å². The molecular formula is C21H18F3N3O2. The van der Waals surface area contributed by atoms with Crippen molar-refractivity contribution in [2.75, 3.05) is 18.4 Å². The van der Waals surface area contributed by atoms with Crippen LogP contribution in [0, 0.1) is 23.4 Å². The van der Waals surface area contributed by atoms with Gasteiger partial charge in [-0.15, -0.1) is 0 Å². The number of aromatic nitrogens is 1. The first kappa shape index (κ1) is 19.0. The van der Waals surface area contributed by atoms with Gasteiger partial charge in [0.1, 0.15) is 17.5 Å². The fraction of sp³-hybridized carbons (Fsp3) is 0.238. The van der Waals surface area contributed by atoms with Gasteiger partial charge in [0, 0.05) is 42.7 Å². The van der Waals surface area contributed by atoms with E-state index in [0.29, 0.717) is 19.0 Å². The van der Waals surface area contributed by atoms with E-state index >= 15 is 0 Å². The summed E-state index contributed by atoms with van der Waals surface area (Å²) in [5.41, 5.74) is 1.57. The lowest BCUT2D eigenvalue weighted by atomic mass is 10.1. The third-order valence-electron chi connectivity index (χ3n) is 5.15. The van der Waals surface area contributed by atoms with Crippen LogP contribution in [0.5, 0.6) is 0 Å². The standard InChI is InChI=1S/C21H18F3N3O2/c22-14-1-3-18-16(8-14)12(10-25-18)5-6-27-11-13(7-20(27)28)21(29)26-19-4-2-15(23)9-17(19)24/h1-4,8-10,13,25H,5-7,11H2,(H,26,29)/t13-/m1/s1. The molecule has 1 fully saturated rings.